The second-order valence-corrected chi connectivity index (χ2v) is 4.19. The number of rotatable bonds is 2. The lowest BCUT2D eigenvalue weighted by molar-refractivity contribution is 0.152. The van der Waals surface area contributed by atoms with Crippen molar-refractivity contribution in [2.45, 2.75) is 32.9 Å². The first-order chi connectivity index (χ1) is 6.43. The van der Waals surface area contributed by atoms with Crippen molar-refractivity contribution in [3.05, 3.63) is 33.8 Å². The normalized spacial score (nSPS) is 15.3. The van der Waals surface area contributed by atoms with E-state index in [-0.39, 0.29) is 6.04 Å². The van der Waals surface area contributed by atoms with Crippen LogP contribution >= 0.6 is 11.6 Å². The number of aliphatic hydroxyl groups excluding tert-OH is 1. The molecule has 3 heteroatoms. The van der Waals surface area contributed by atoms with Crippen LogP contribution in [0.1, 0.15) is 29.7 Å². The van der Waals surface area contributed by atoms with Crippen LogP contribution in [0.2, 0.25) is 5.02 Å². The lowest BCUT2D eigenvalue weighted by Crippen LogP contribution is -2.25. The van der Waals surface area contributed by atoms with Crippen molar-refractivity contribution in [2.24, 2.45) is 5.73 Å². The van der Waals surface area contributed by atoms with E-state index in [0.29, 0.717) is 5.02 Å². The molecule has 0 radical (unpaired) electrons. The molecule has 0 aliphatic rings. The molecule has 0 saturated carbocycles. The van der Waals surface area contributed by atoms with E-state index >= 15 is 0 Å². The zero-order valence-corrected chi connectivity index (χ0v) is 9.47. The minimum atomic E-state index is -0.618. The first-order valence-corrected chi connectivity index (χ1v) is 5.01. The first-order valence-electron chi connectivity index (χ1n) is 4.63. The van der Waals surface area contributed by atoms with Gasteiger partial charge < -0.3 is 10.8 Å². The fourth-order valence-corrected chi connectivity index (χ4v) is 1.98. The second kappa shape index (κ2) is 4.30. The number of benzene rings is 1. The van der Waals surface area contributed by atoms with Crippen LogP contribution < -0.4 is 5.73 Å². The minimum absolute atomic E-state index is 0.270. The van der Waals surface area contributed by atoms with E-state index < -0.39 is 6.10 Å². The van der Waals surface area contributed by atoms with Gasteiger partial charge in [-0.25, -0.2) is 0 Å². The molecule has 0 fully saturated rings. The number of aliphatic hydroxyl groups is 1. The zero-order chi connectivity index (χ0) is 10.9. The van der Waals surface area contributed by atoms with Crippen molar-refractivity contribution in [1.29, 1.82) is 0 Å². The van der Waals surface area contributed by atoms with Gasteiger partial charge in [-0.2, -0.15) is 0 Å². The molecular formula is C11H16ClNO. The Morgan fingerprint density at radius 2 is 1.71 bits per heavy atom. The number of aryl methyl sites for hydroxylation is 2. The summed E-state index contributed by atoms with van der Waals surface area (Å²) in [6, 6.07) is 3.42. The van der Waals surface area contributed by atoms with Crippen LogP contribution in [0.3, 0.4) is 0 Å². The molecule has 2 atom stereocenters. The van der Waals surface area contributed by atoms with E-state index in [1.54, 1.807) is 6.92 Å². The molecule has 0 aliphatic carbocycles. The van der Waals surface area contributed by atoms with E-state index in [1.807, 2.05) is 26.0 Å². The second-order valence-electron chi connectivity index (χ2n) is 3.76. The van der Waals surface area contributed by atoms with Crippen LogP contribution in [-0.2, 0) is 0 Å². The SMILES string of the molecule is Cc1cc(Cl)cc(C)c1[C@H](O)[C@@H](C)N. The van der Waals surface area contributed by atoms with Gasteiger partial charge in [0, 0.05) is 11.1 Å². The molecule has 14 heavy (non-hydrogen) atoms. The summed E-state index contributed by atoms with van der Waals surface area (Å²) in [7, 11) is 0. The van der Waals surface area contributed by atoms with Crippen LogP contribution in [0.4, 0.5) is 0 Å². The number of hydrogen-bond acceptors (Lipinski definition) is 2. The van der Waals surface area contributed by atoms with Crippen molar-refractivity contribution < 1.29 is 5.11 Å². The smallest absolute Gasteiger partial charge is 0.0943 e. The van der Waals surface area contributed by atoms with Gasteiger partial charge >= 0.3 is 0 Å². The summed E-state index contributed by atoms with van der Waals surface area (Å²) in [4.78, 5) is 0. The number of nitrogens with two attached hydrogens (primary N) is 1. The van der Waals surface area contributed by atoms with Gasteiger partial charge in [0.1, 0.15) is 0 Å². The molecule has 78 valence electrons. The fraction of sp³-hybridized carbons (Fsp3) is 0.455. The van der Waals surface area contributed by atoms with E-state index in [0.717, 1.165) is 16.7 Å². The van der Waals surface area contributed by atoms with Crippen molar-refractivity contribution in [1.82, 2.24) is 0 Å². The number of hydrogen-bond donors (Lipinski definition) is 2. The zero-order valence-electron chi connectivity index (χ0n) is 8.71. The molecule has 0 aromatic heterocycles. The van der Waals surface area contributed by atoms with Crippen LogP contribution in [0, 0.1) is 13.8 Å². The highest BCUT2D eigenvalue weighted by Gasteiger charge is 2.17. The molecule has 3 N–H and O–H groups in total. The predicted octanol–water partition coefficient (Wildman–Crippen LogP) is 2.34. The van der Waals surface area contributed by atoms with E-state index in [9.17, 15) is 5.11 Å². The molecule has 1 aromatic carbocycles. The van der Waals surface area contributed by atoms with Gasteiger partial charge in [-0.15, -0.1) is 0 Å². The molecule has 0 heterocycles. The summed E-state index contributed by atoms with van der Waals surface area (Å²) >= 11 is 5.89. The monoisotopic (exact) mass is 213 g/mol. The highest BCUT2D eigenvalue weighted by molar-refractivity contribution is 6.30. The van der Waals surface area contributed by atoms with E-state index in [2.05, 4.69) is 0 Å². The van der Waals surface area contributed by atoms with Gasteiger partial charge in [-0.05, 0) is 49.6 Å². The van der Waals surface area contributed by atoms with Crippen molar-refractivity contribution in [2.75, 3.05) is 0 Å². The van der Waals surface area contributed by atoms with Crippen molar-refractivity contribution >= 4 is 11.6 Å². The maximum absolute atomic E-state index is 9.88. The Balaban J connectivity index is 3.20. The third kappa shape index (κ3) is 2.27. The third-order valence-electron chi connectivity index (χ3n) is 2.35. The Morgan fingerprint density at radius 3 is 2.07 bits per heavy atom. The summed E-state index contributed by atoms with van der Waals surface area (Å²) in [5, 5.41) is 10.6. The maximum atomic E-state index is 9.88. The topological polar surface area (TPSA) is 46.2 Å². The molecule has 0 saturated heterocycles. The standard InChI is InChI=1S/C11H16ClNO/c1-6-4-9(12)5-7(2)10(6)11(14)8(3)13/h4-5,8,11,14H,13H2,1-3H3/t8-,11-/m1/s1. The Labute approximate surface area is 89.7 Å². The van der Waals surface area contributed by atoms with Gasteiger partial charge in [0.2, 0.25) is 0 Å². The average molecular weight is 214 g/mol. The van der Waals surface area contributed by atoms with Crippen LogP contribution in [0.25, 0.3) is 0 Å². The molecule has 1 aromatic rings. The van der Waals surface area contributed by atoms with E-state index in [4.69, 9.17) is 17.3 Å². The van der Waals surface area contributed by atoms with Gasteiger partial charge in [0.25, 0.3) is 0 Å². The van der Waals surface area contributed by atoms with Crippen molar-refractivity contribution in [3.8, 4) is 0 Å². The van der Waals surface area contributed by atoms with Crippen LogP contribution in [0.5, 0.6) is 0 Å². The molecule has 0 bridgehead atoms. The number of halogens is 1. The Bertz CT molecular complexity index is 313. The highest BCUT2D eigenvalue weighted by atomic mass is 35.5. The van der Waals surface area contributed by atoms with Crippen molar-refractivity contribution in [3.63, 3.8) is 0 Å². The third-order valence-corrected chi connectivity index (χ3v) is 2.57. The van der Waals surface area contributed by atoms with Crippen LogP contribution in [0.15, 0.2) is 12.1 Å². The molecule has 1 rings (SSSR count). The summed E-state index contributed by atoms with van der Waals surface area (Å²) in [5.74, 6) is 0. The first kappa shape index (κ1) is 11.5. The van der Waals surface area contributed by atoms with Gasteiger partial charge in [0.05, 0.1) is 6.10 Å². The Kier molecular flexibility index (Phi) is 3.53. The lowest BCUT2D eigenvalue weighted by atomic mass is 9.95. The lowest BCUT2D eigenvalue weighted by Gasteiger charge is -2.19. The molecule has 0 spiro atoms. The average Bonchev–Trinajstić information content (AvgIpc) is 2.01. The van der Waals surface area contributed by atoms with Gasteiger partial charge in [-0.1, -0.05) is 11.6 Å². The molecule has 0 amide bonds. The largest absolute Gasteiger partial charge is 0.387 e. The van der Waals surface area contributed by atoms with E-state index in [1.165, 1.54) is 0 Å². The highest BCUT2D eigenvalue weighted by Crippen LogP contribution is 2.26. The quantitative estimate of drug-likeness (QED) is 0.792. The Morgan fingerprint density at radius 1 is 1.29 bits per heavy atom. The Hall–Kier alpha value is -0.570. The van der Waals surface area contributed by atoms with Gasteiger partial charge in [0.15, 0.2) is 0 Å². The summed E-state index contributed by atoms with van der Waals surface area (Å²) in [6.45, 7) is 5.65. The summed E-state index contributed by atoms with van der Waals surface area (Å²) in [5.41, 5.74) is 8.53. The molecule has 2 nitrogen and oxygen atoms in total. The predicted molar refractivity (Wildman–Crippen MR) is 59.5 cm³/mol. The van der Waals surface area contributed by atoms with Crippen LogP contribution in [-0.4, -0.2) is 11.1 Å². The molecule has 0 unspecified atom stereocenters. The van der Waals surface area contributed by atoms with Gasteiger partial charge in [-0.3, -0.25) is 0 Å². The molecular weight excluding hydrogens is 198 g/mol. The fourth-order valence-electron chi connectivity index (χ4n) is 1.65. The maximum Gasteiger partial charge on any atom is 0.0943 e. The summed E-state index contributed by atoms with van der Waals surface area (Å²) in [6.07, 6.45) is -0.618. The molecule has 0 aliphatic heterocycles. The summed E-state index contributed by atoms with van der Waals surface area (Å²) < 4.78 is 0. The minimum Gasteiger partial charge on any atom is -0.387 e.